The number of nitrogens with zero attached hydrogens (tertiary/aromatic N) is 2. The number of rotatable bonds is 10. The van der Waals surface area contributed by atoms with Gasteiger partial charge in [-0.1, -0.05) is 17.2 Å². The standard InChI is InChI=1S/C24H32N2O5/c1-7-25-21-15-19(26(28)29)11-12-20(21)22(23(24(25)27)31-17(4)5)30-14-13-18(6)10-8-9-16(2)3/h9,11-13,15,17H,7-8,10,14H2,1-6H3. The lowest BCUT2D eigenvalue weighted by molar-refractivity contribution is -0.384. The van der Waals surface area contributed by atoms with E-state index in [-0.39, 0.29) is 29.7 Å². The Morgan fingerprint density at radius 1 is 1.19 bits per heavy atom. The van der Waals surface area contributed by atoms with Gasteiger partial charge in [-0.05, 0) is 66.5 Å². The summed E-state index contributed by atoms with van der Waals surface area (Å²) in [6, 6.07) is 4.44. The molecule has 0 aliphatic heterocycles. The van der Waals surface area contributed by atoms with Crippen molar-refractivity contribution in [3.63, 3.8) is 0 Å². The van der Waals surface area contributed by atoms with Gasteiger partial charge in [-0.15, -0.1) is 0 Å². The zero-order valence-corrected chi connectivity index (χ0v) is 19.2. The molecule has 0 bridgehead atoms. The summed E-state index contributed by atoms with van der Waals surface area (Å²) >= 11 is 0. The van der Waals surface area contributed by atoms with Crippen molar-refractivity contribution < 1.29 is 14.4 Å². The maximum absolute atomic E-state index is 13.1. The Balaban J connectivity index is 2.50. The summed E-state index contributed by atoms with van der Waals surface area (Å²) in [5.74, 6) is 0.454. The molecule has 0 radical (unpaired) electrons. The van der Waals surface area contributed by atoms with E-state index in [0.717, 1.165) is 12.8 Å². The minimum Gasteiger partial charge on any atom is -0.485 e. The van der Waals surface area contributed by atoms with Crippen LogP contribution in [0.5, 0.6) is 11.5 Å². The minimum absolute atomic E-state index is 0.0763. The van der Waals surface area contributed by atoms with Gasteiger partial charge in [0.25, 0.3) is 11.2 Å². The lowest BCUT2D eigenvalue weighted by atomic mass is 10.1. The number of nitro benzene ring substituents is 1. The Morgan fingerprint density at radius 2 is 1.90 bits per heavy atom. The smallest absolute Gasteiger partial charge is 0.297 e. The van der Waals surface area contributed by atoms with Crippen LogP contribution < -0.4 is 15.0 Å². The van der Waals surface area contributed by atoms with E-state index in [9.17, 15) is 14.9 Å². The van der Waals surface area contributed by atoms with Crippen LogP contribution in [-0.4, -0.2) is 22.2 Å². The van der Waals surface area contributed by atoms with Crippen molar-refractivity contribution in [1.29, 1.82) is 0 Å². The Hall–Kier alpha value is -3.09. The number of benzene rings is 1. The molecule has 2 rings (SSSR count). The molecular formula is C24H32N2O5. The van der Waals surface area contributed by atoms with Crippen molar-refractivity contribution in [1.82, 2.24) is 4.57 Å². The number of hydrogen-bond acceptors (Lipinski definition) is 5. The summed E-state index contributed by atoms with van der Waals surface area (Å²) < 4.78 is 13.3. The van der Waals surface area contributed by atoms with Gasteiger partial charge < -0.3 is 14.0 Å². The van der Waals surface area contributed by atoms with Crippen LogP contribution in [0.3, 0.4) is 0 Å². The Kier molecular flexibility index (Phi) is 8.42. The average molecular weight is 429 g/mol. The molecule has 1 aromatic heterocycles. The summed E-state index contributed by atoms with van der Waals surface area (Å²) in [5, 5.41) is 11.9. The van der Waals surface area contributed by atoms with Crippen LogP contribution in [0.25, 0.3) is 10.9 Å². The molecule has 2 aromatic rings. The lowest BCUT2D eigenvalue weighted by Gasteiger charge is -2.19. The molecule has 0 N–H and O–H groups in total. The third kappa shape index (κ3) is 6.20. The highest BCUT2D eigenvalue weighted by molar-refractivity contribution is 5.89. The lowest BCUT2D eigenvalue weighted by Crippen LogP contribution is -2.25. The van der Waals surface area contributed by atoms with E-state index < -0.39 is 4.92 Å². The summed E-state index contributed by atoms with van der Waals surface area (Å²) in [7, 11) is 0. The van der Waals surface area contributed by atoms with E-state index in [2.05, 4.69) is 19.9 Å². The molecule has 1 aromatic carbocycles. The summed E-state index contributed by atoms with van der Waals surface area (Å²) in [6.45, 7) is 12.3. The van der Waals surface area contributed by atoms with Gasteiger partial charge in [-0.2, -0.15) is 0 Å². The van der Waals surface area contributed by atoms with Crippen LogP contribution in [0.1, 0.15) is 54.4 Å². The van der Waals surface area contributed by atoms with Crippen LogP contribution >= 0.6 is 0 Å². The first kappa shape index (κ1) is 24.2. The Bertz CT molecular complexity index is 1060. The van der Waals surface area contributed by atoms with Crippen molar-refractivity contribution in [3.8, 4) is 11.5 Å². The van der Waals surface area contributed by atoms with Gasteiger partial charge in [0, 0.05) is 24.1 Å². The molecule has 0 aliphatic rings. The van der Waals surface area contributed by atoms with Crippen LogP contribution in [0.2, 0.25) is 0 Å². The molecule has 0 spiro atoms. The highest BCUT2D eigenvalue weighted by Gasteiger charge is 2.22. The molecule has 7 nitrogen and oxygen atoms in total. The van der Waals surface area contributed by atoms with Crippen molar-refractivity contribution in [2.24, 2.45) is 0 Å². The minimum atomic E-state index is -0.471. The second-order valence-electron chi connectivity index (χ2n) is 8.01. The van der Waals surface area contributed by atoms with Gasteiger partial charge in [-0.25, -0.2) is 0 Å². The third-order valence-electron chi connectivity index (χ3n) is 4.79. The SMILES string of the molecule is CCn1c(=O)c(OC(C)C)c(OCC=C(C)CCC=C(C)C)c2ccc([N+](=O)[O-])cc21. The van der Waals surface area contributed by atoms with E-state index in [1.165, 1.54) is 27.8 Å². The number of hydrogen-bond donors (Lipinski definition) is 0. The Labute approximate surface area is 183 Å². The monoisotopic (exact) mass is 428 g/mol. The maximum Gasteiger partial charge on any atom is 0.297 e. The molecule has 0 unspecified atom stereocenters. The van der Waals surface area contributed by atoms with Crippen LogP contribution in [0, 0.1) is 10.1 Å². The number of non-ortho nitro benzene ring substituents is 1. The fraction of sp³-hybridized carbons (Fsp3) is 0.458. The van der Waals surface area contributed by atoms with Gasteiger partial charge in [0.2, 0.25) is 5.75 Å². The number of ether oxygens (including phenoxy) is 2. The molecule has 0 saturated heterocycles. The zero-order valence-electron chi connectivity index (χ0n) is 19.2. The van der Waals surface area contributed by atoms with Crippen molar-refractivity contribution in [2.75, 3.05) is 6.61 Å². The van der Waals surface area contributed by atoms with Crippen molar-refractivity contribution >= 4 is 16.6 Å². The second kappa shape index (κ2) is 10.8. The second-order valence-corrected chi connectivity index (χ2v) is 8.01. The summed E-state index contributed by atoms with van der Waals surface area (Å²) in [4.78, 5) is 23.9. The molecule has 0 aliphatic carbocycles. The Morgan fingerprint density at radius 3 is 2.48 bits per heavy atom. The van der Waals surface area contributed by atoms with Crippen molar-refractivity contribution in [3.05, 3.63) is 62.0 Å². The predicted octanol–water partition coefficient (Wildman–Crippen LogP) is 5.79. The largest absolute Gasteiger partial charge is 0.485 e. The predicted molar refractivity (Wildman–Crippen MR) is 124 cm³/mol. The van der Waals surface area contributed by atoms with Gasteiger partial charge >= 0.3 is 0 Å². The number of allylic oxidation sites excluding steroid dienone is 3. The van der Waals surface area contributed by atoms with Crippen LogP contribution in [0.4, 0.5) is 5.69 Å². The highest BCUT2D eigenvalue weighted by atomic mass is 16.6. The number of fused-ring (bicyclic) bond motifs is 1. The molecular weight excluding hydrogens is 396 g/mol. The van der Waals surface area contributed by atoms with E-state index >= 15 is 0 Å². The maximum atomic E-state index is 13.1. The molecule has 0 amide bonds. The van der Waals surface area contributed by atoms with E-state index in [1.54, 1.807) is 6.07 Å². The zero-order chi connectivity index (χ0) is 23.1. The fourth-order valence-electron chi connectivity index (χ4n) is 3.26. The number of pyridine rings is 1. The topological polar surface area (TPSA) is 83.6 Å². The summed E-state index contributed by atoms with van der Waals surface area (Å²) in [6.07, 6.45) is 5.84. The fourth-order valence-corrected chi connectivity index (χ4v) is 3.26. The molecule has 0 saturated carbocycles. The quantitative estimate of drug-likeness (QED) is 0.272. The summed E-state index contributed by atoms with van der Waals surface area (Å²) in [5.41, 5.74) is 2.50. The van der Waals surface area contributed by atoms with Gasteiger partial charge in [0.1, 0.15) is 6.61 Å². The first-order valence-corrected chi connectivity index (χ1v) is 10.6. The number of aromatic nitrogens is 1. The number of nitro groups is 1. The molecule has 31 heavy (non-hydrogen) atoms. The van der Waals surface area contributed by atoms with E-state index in [1.807, 2.05) is 33.8 Å². The first-order chi connectivity index (χ1) is 14.6. The molecule has 0 atom stereocenters. The third-order valence-corrected chi connectivity index (χ3v) is 4.79. The van der Waals surface area contributed by atoms with Crippen LogP contribution in [0.15, 0.2) is 46.3 Å². The normalized spacial score (nSPS) is 11.6. The van der Waals surface area contributed by atoms with Crippen LogP contribution in [-0.2, 0) is 6.54 Å². The van der Waals surface area contributed by atoms with Gasteiger partial charge in [-0.3, -0.25) is 14.9 Å². The van der Waals surface area contributed by atoms with E-state index in [0.29, 0.717) is 23.2 Å². The van der Waals surface area contributed by atoms with Gasteiger partial charge in [0.05, 0.1) is 16.5 Å². The molecule has 1 heterocycles. The van der Waals surface area contributed by atoms with E-state index in [4.69, 9.17) is 9.47 Å². The highest BCUT2D eigenvalue weighted by Crippen LogP contribution is 2.35. The molecule has 7 heteroatoms. The van der Waals surface area contributed by atoms with Crippen molar-refractivity contribution in [2.45, 2.75) is 67.0 Å². The molecule has 0 fully saturated rings. The number of aryl methyl sites for hydroxylation is 1. The van der Waals surface area contributed by atoms with Gasteiger partial charge in [0.15, 0.2) is 5.75 Å². The average Bonchev–Trinajstić information content (AvgIpc) is 2.69. The molecule has 168 valence electrons. The first-order valence-electron chi connectivity index (χ1n) is 10.6.